The monoisotopic (exact) mass is 225 g/mol. The second kappa shape index (κ2) is 5.85. The third-order valence-electron chi connectivity index (χ3n) is 3.61. The van der Waals surface area contributed by atoms with E-state index in [2.05, 4.69) is 38.0 Å². The van der Waals surface area contributed by atoms with Gasteiger partial charge in [-0.25, -0.2) is 0 Å². The molecule has 1 fully saturated rings. The predicted molar refractivity (Wildman–Crippen MR) is 71.8 cm³/mol. The number of hydrogen-bond acceptors (Lipinski definition) is 1. The van der Waals surface area contributed by atoms with Crippen molar-refractivity contribution in [2.24, 2.45) is 0 Å². The normalized spacial score (nSPS) is 21.3. The summed E-state index contributed by atoms with van der Waals surface area (Å²) in [6, 6.07) is 2.83. The van der Waals surface area contributed by atoms with E-state index in [0.717, 1.165) is 0 Å². The molecule has 0 amide bonds. The minimum absolute atomic E-state index is 1.12. The summed E-state index contributed by atoms with van der Waals surface area (Å²) in [7, 11) is -1.12. The first kappa shape index (κ1) is 13.0. The Bertz CT molecular complexity index is 215. The van der Waals surface area contributed by atoms with Crippen LogP contribution >= 0.6 is 0 Å². The van der Waals surface area contributed by atoms with Gasteiger partial charge in [0.05, 0.1) is 0 Å². The smallest absolute Gasteiger partial charge is 0.129 e. The third kappa shape index (κ3) is 3.76. The summed E-state index contributed by atoms with van der Waals surface area (Å²) in [6.45, 7) is 12.1. The Labute approximate surface area is 96.6 Å². The van der Waals surface area contributed by atoms with E-state index in [1.807, 2.05) is 0 Å². The summed E-state index contributed by atoms with van der Waals surface area (Å²) in [6.07, 6.45) is 6.69. The number of nitrogens with zero attached hydrogens (tertiary/aromatic N) is 1. The molecule has 2 heteroatoms. The molecule has 0 saturated carbocycles. The Morgan fingerprint density at radius 3 is 2.33 bits per heavy atom. The third-order valence-corrected chi connectivity index (χ3v) is 8.24. The molecular weight excluding hydrogens is 198 g/mol. The highest BCUT2D eigenvalue weighted by Crippen LogP contribution is 2.27. The van der Waals surface area contributed by atoms with Gasteiger partial charge < -0.3 is 4.57 Å². The van der Waals surface area contributed by atoms with E-state index in [4.69, 9.17) is 0 Å². The summed E-state index contributed by atoms with van der Waals surface area (Å²) in [5.41, 5.74) is 1.49. The molecule has 0 aromatic rings. The van der Waals surface area contributed by atoms with Crippen LogP contribution in [0.2, 0.25) is 18.6 Å². The van der Waals surface area contributed by atoms with E-state index in [1.54, 1.807) is 0 Å². The molecule has 0 spiro atoms. The van der Waals surface area contributed by atoms with Gasteiger partial charge in [0.15, 0.2) is 0 Å². The van der Waals surface area contributed by atoms with Crippen LogP contribution < -0.4 is 0 Å². The van der Waals surface area contributed by atoms with Gasteiger partial charge in [-0.3, -0.25) is 0 Å². The van der Waals surface area contributed by atoms with Gasteiger partial charge in [0.25, 0.3) is 0 Å². The number of allylic oxidation sites excluding steroid dienone is 2. The molecule has 1 saturated heterocycles. The van der Waals surface area contributed by atoms with E-state index in [-0.39, 0.29) is 0 Å². The lowest BCUT2D eigenvalue weighted by atomic mass is 10.3. The van der Waals surface area contributed by atoms with Crippen molar-refractivity contribution in [3.8, 4) is 0 Å². The molecule has 1 rings (SSSR count). The molecule has 0 N–H and O–H groups in total. The van der Waals surface area contributed by atoms with Crippen LogP contribution in [-0.4, -0.2) is 25.9 Å². The summed E-state index contributed by atoms with van der Waals surface area (Å²) in [5.74, 6) is 0. The Hall–Kier alpha value is -0.0831. The molecule has 15 heavy (non-hydrogen) atoms. The Morgan fingerprint density at radius 1 is 1.27 bits per heavy atom. The zero-order chi connectivity index (χ0) is 11.3. The van der Waals surface area contributed by atoms with Crippen LogP contribution in [0.4, 0.5) is 0 Å². The number of hydrogen-bond donors (Lipinski definition) is 0. The van der Waals surface area contributed by atoms with E-state index in [9.17, 15) is 0 Å². The molecule has 0 aliphatic carbocycles. The topological polar surface area (TPSA) is 3.24 Å². The highest BCUT2D eigenvalue weighted by atomic mass is 28.3. The summed E-state index contributed by atoms with van der Waals surface area (Å²) >= 11 is 0. The predicted octanol–water partition coefficient (Wildman–Crippen LogP) is 4.03. The first-order valence-corrected chi connectivity index (χ1v) is 9.33. The van der Waals surface area contributed by atoms with E-state index >= 15 is 0 Å². The maximum atomic E-state index is 2.84. The van der Waals surface area contributed by atoms with Crippen LogP contribution in [0, 0.1) is 0 Å². The lowest BCUT2D eigenvalue weighted by Gasteiger charge is -2.36. The first-order chi connectivity index (χ1) is 7.08. The lowest BCUT2D eigenvalue weighted by Crippen LogP contribution is -2.49. The molecule has 0 bridgehead atoms. The van der Waals surface area contributed by atoms with Crippen molar-refractivity contribution in [1.82, 2.24) is 4.57 Å². The van der Waals surface area contributed by atoms with Gasteiger partial charge in [-0.15, -0.1) is 0 Å². The second-order valence-corrected chi connectivity index (χ2v) is 9.96. The van der Waals surface area contributed by atoms with Gasteiger partial charge in [0.2, 0.25) is 0 Å². The minimum Gasteiger partial charge on any atom is -0.323 e. The second-order valence-electron chi connectivity index (χ2n) is 5.43. The standard InChI is InChI=1S/C13H27NSi/c1-5-11-15(4,12-8-13(2)3)14-9-6-7-10-14/h8H,5-7,9-12H2,1-4H3. The summed E-state index contributed by atoms with van der Waals surface area (Å²) in [5, 5.41) is 0. The SMILES string of the molecule is CCC[Si](C)(CC=C(C)C)N1CCCC1. The van der Waals surface area contributed by atoms with Crippen LogP contribution in [0.3, 0.4) is 0 Å². The van der Waals surface area contributed by atoms with Crippen molar-refractivity contribution in [1.29, 1.82) is 0 Å². The van der Waals surface area contributed by atoms with E-state index < -0.39 is 8.24 Å². The molecule has 1 atom stereocenters. The average Bonchev–Trinajstić information content (AvgIpc) is 2.68. The molecular formula is C13H27NSi. The zero-order valence-corrected chi connectivity index (χ0v) is 12.0. The Balaban J connectivity index is 2.63. The van der Waals surface area contributed by atoms with Crippen molar-refractivity contribution < 1.29 is 0 Å². The molecule has 1 unspecified atom stereocenters. The van der Waals surface area contributed by atoms with E-state index in [0.29, 0.717) is 0 Å². The largest absolute Gasteiger partial charge is 0.323 e. The summed E-state index contributed by atoms with van der Waals surface area (Å²) in [4.78, 5) is 0. The maximum absolute atomic E-state index is 2.84. The lowest BCUT2D eigenvalue weighted by molar-refractivity contribution is 0.512. The molecule has 1 nitrogen and oxygen atoms in total. The minimum atomic E-state index is -1.12. The zero-order valence-electron chi connectivity index (χ0n) is 11.0. The van der Waals surface area contributed by atoms with Crippen molar-refractivity contribution in [3.63, 3.8) is 0 Å². The Morgan fingerprint density at radius 2 is 1.87 bits per heavy atom. The highest BCUT2D eigenvalue weighted by molar-refractivity contribution is 6.76. The van der Waals surface area contributed by atoms with Crippen molar-refractivity contribution in [2.45, 2.75) is 58.7 Å². The fourth-order valence-corrected chi connectivity index (χ4v) is 6.71. The van der Waals surface area contributed by atoms with Crippen LogP contribution in [0.25, 0.3) is 0 Å². The van der Waals surface area contributed by atoms with Gasteiger partial charge in [-0.1, -0.05) is 31.5 Å². The van der Waals surface area contributed by atoms with Crippen LogP contribution in [0.5, 0.6) is 0 Å². The van der Waals surface area contributed by atoms with E-state index in [1.165, 1.54) is 50.0 Å². The van der Waals surface area contributed by atoms with Gasteiger partial charge in [-0.2, -0.15) is 0 Å². The molecule has 0 radical (unpaired) electrons. The molecule has 88 valence electrons. The maximum Gasteiger partial charge on any atom is 0.129 e. The highest BCUT2D eigenvalue weighted by Gasteiger charge is 2.34. The average molecular weight is 225 g/mol. The van der Waals surface area contributed by atoms with Gasteiger partial charge in [0.1, 0.15) is 8.24 Å². The van der Waals surface area contributed by atoms with Crippen molar-refractivity contribution in [3.05, 3.63) is 11.6 Å². The first-order valence-electron chi connectivity index (χ1n) is 6.47. The molecule has 1 heterocycles. The van der Waals surface area contributed by atoms with Crippen LogP contribution in [-0.2, 0) is 0 Å². The van der Waals surface area contributed by atoms with Gasteiger partial charge in [-0.05, 0) is 51.9 Å². The summed E-state index contributed by atoms with van der Waals surface area (Å²) < 4.78 is 2.84. The van der Waals surface area contributed by atoms with Gasteiger partial charge >= 0.3 is 0 Å². The fraction of sp³-hybridized carbons (Fsp3) is 0.846. The molecule has 1 aliphatic rings. The van der Waals surface area contributed by atoms with Gasteiger partial charge in [0, 0.05) is 0 Å². The number of rotatable bonds is 5. The molecule has 1 aliphatic heterocycles. The fourth-order valence-electron chi connectivity index (χ4n) is 2.61. The van der Waals surface area contributed by atoms with Crippen LogP contribution in [0.15, 0.2) is 11.6 Å². The van der Waals surface area contributed by atoms with Crippen LogP contribution in [0.1, 0.15) is 40.0 Å². The van der Waals surface area contributed by atoms with Crippen molar-refractivity contribution in [2.75, 3.05) is 13.1 Å². The molecule has 0 aromatic carbocycles. The molecule has 0 aromatic heterocycles. The Kier molecular flexibility index (Phi) is 5.07. The quantitative estimate of drug-likeness (QED) is 0.504. The van der Waals surface area contributed by atoms with Crippen molar-refractivity contribution >= 4 is 8.24 Å².